The molecule has 3 rings (SSSR count). The zero-order valence-electron chi connectivity index (χ0n) is 15.1. The highest BCUT2D eigenvalue weighted by Crippen LogP contribution is 2.32. The van der Waals surface area contributed by atoms with E-state index in [1.54, 1.807) is 31.2 Å². The number of fused-ring (bicyclic) bond motifs is 1. The Morgan fingerprint density at radius 3 is 2.33 bits per heavy atom. The first-order valence-electron chi connectivity index (χ1n) is 8.15. The third kappa shape index (κ3) is 3.23. The average Bonchev–Trinajstić information content (AvgIpc) is 2.91. The van der Waals surface area contributed by atoms with Crippen LogP contribution in [0.1, 0.15) is 21.6 Å². The summed E-state index contributed by atoms with van der Waals surface area (Å²) in [6, 6.07) is 9.11. The van der Waals surface area contributed by atoms with E-state index in [-0.39, 0.29) is 18.1 Å². The summed E-state index contributed by atoms with van der Waals surface area (Å²) in [7, 11) is 2.85. The number of benzene rings is 2. The maximum Gasteiger partial charge on any atom is 0.307 e. The Kier molecular flexibility index (Phi) is 4.85. The van der Waals surface area contributed by atoms with E-state index in [0.29, 0.717) is 33.5 Å². The number of aliphatic carboxylic acids is 1. The zero-order chi connectivity index (χ0) is 19.7. The second kappa shape index (κ2) is 7.11. The first-order valence-corrected chi connectivity index (χ1v) is 8.15. The molecule has 0 fully saturated rings. The molecule has 0 atom stereocenters. The molecule has 0 radical (unpaired) electrons. The lowest BCUT2D eigenvalue weighted by atomic mass is 10.1. The quantitative estimate of drug-likeness (QED) is 0.744. The molecule has 3 aromatic rings. The average molecular weight is 371 g/mol. The number of hydrogen-bond donors (Lipinski definition) is 1. The maximum absolute atomic E-state index is 14.3. The first kappa shape index (κ1) is 18.4. The molecule has 0 saturated heterocycles. The van der Waals surface area contributed by atoms with Gasteiger partial charge < -0.3 is 14.6 Å². The van der Waals surface area contributed by atoms with E-state index >= 15 is 0 Å². The third-order valence-corrected chi connectivity index (χ3v) is 4.48. The van der Waals surface area contributed by atoms with Crippen molar-refractivity contribution in [3.63, 3.8) is 0 Å². The SMILES string of the molecule is COc1ccc(C(=O)n2c(C)c(CC(=O)O)c3cc(OC)c(F)cc32)cc1. The van der Waals surface area contributed by atoms with Crippen LogP contribution in [-0.2, 0) is 11.2 Å². The van der Waals surface area contributed by atoms with Crippen LogP contribution in [-0.4, -0.2) is 35.8 Å². The number of carboxylic acids is 1. The molecule has 1 N–H and O–H groups in total. The number of hydrogen-bond acceptors (Lipinski definition) is 4. The van der Waals surface area contributed by atoms with Crippen molar-refractivity contribution in [1.82, 2.24) is 4.57 Å². The number of ether oxygens (including phenoxy) is 2. The van der Waals surface area contributed by atoms with Crippen molar-refractivity contribution >= 4 is 22.8 Å². The second-order valence-electron chi connectivity index (χ2n) is 6.01. The van der Waals surface area contributed by atoms with Gasteiger partial charge in [-0.1, -0.05) is 0 Å². The molecule has 1 aromatic heterocycles. The van der Waals surface area contributed by atoms with Gasteiger partial charge in [0.2, 0.25) is 0 Å². The van der Waals surface area contributed by atoms with Crippen molar-refractivity contribution in [3.05, 3.63) is 59.0 Å². The Hall–Kier alpha value is -3.35. The molecule has 0 saturated carbocycles. The van der Waals surface area contributed by atoms with Crippen LogP contribution in [0.15, 0.2) is 36.4 Å². The van der Waals surface area contributed by atoms with Gasteiger partial charge in [0.1, 0.15) is 5.75 Å². The van der Waals surface area contributed by atoms with Crippen LogP contribution in [0.3, 0.4) is 0 Å². The van der Waals surface area contributed by atoms with Gasteiger partial charge in [0, 0.05) is 22.7 Å². The van der Waals surface area contributed by atoms with Crippen molar-refractivity contribution in [2.45, 2.75) is 13.3 Å². The Morgan fingerprint density at radius 2 is 1.78 bits per heavy atom. The fourth-order valence-electron chi connectivity index (χ4n) is 3.14. The van der Waals surface area contributed by atoms with Gasteiger partial charge in [-0.3, -0.25) is 14.2 Å². The number of carbonyl (C=O) groups is 2. The molecule has 27 heavy (non-hydrogen) atoms. The minimum atomic E-state index is -1.04. The summed E-state index contributed by atoms with van der Waals surface area (Å²) in [6.07, 6.45) is -0.292. The Morgan fingerprint density at radius 1 is 1.11 bits per heavy atom. The lowest BCUT2D eigenvalue weighted by Gasteiger charge is -2.09. The van der Waals surface area contributed by atoms with Crippen LogP contribution >= 0.6 is 0 Å². The summed E-state index contributed by atoms with van der Waals surface area (Å²) < 4.78 is 25.7. The smallest absolute Gasteiger partial charge is 0.307 e. The normalized spacial score (nSPS) is 10.8. The molecule has 0 spiro atoms. The lowest BCUT2D eigenvalue weighted by molar-refractivity contribution is -0.136. The summed E-state index contributed by atoms with van der Waals surface area (Å²) in [6.45, 7) is 1.64. The predicted octanol–water partition coefficient (Wildman–Crippen LogP) is 3.42. The van der Waals surface area contributed by atoms with E-state index in [0.717, 1.165) is 0 Å². The largest absolute Gasteiger partial charge is 0.497 e. The minimum Gasteiger partial charge on any atom is -0.497 e. The minimum absolute atomic E-state index is 0.0109. The number of halogens is 1. The lowest BCUT2D eigenvalue weighted by Crippen LogP contribution is -2.14. The highest BCUT2D eigenvalue weighted by Gasteiger charge is 2.23. The predicted molar refractivity (Wildman–Crippen MR) is 97.2 cm³/mol. The molecule has 0 aliphatic carbocycles. The van der Waals surface area contributed by atoms with Gasteiger partial charge in [0.05, 0.1) is 26.2 Å². The molecule has 6 nitrogen and oxygen atoms in total. The van der Waals surface area contributed by atoms with E-state index in [2.05, 4.69) is 0 Å². The number of rotatable bonds is 5. The van der Waals surface area contributed by atoms with Gasteiger partial charge in [0.25, 0.3) is 5.91 Å². The van der Waals surface area contributed by atoms with E-state index < -0.39 is 11.8 Å². The number of carboxylic acid groups (broad SMARTS) is 1. The fraction of sp³-hybridized carbons (Fsp3) is 0.200. The van der Waals surface area contributed by atoms with Crippen molar-refractivity contribution in [2.24, 2.45) is 0 Å². The van der Waals surface area contributed by atoms with Crippen LogP contribution in [0.5, 0.6) is 11.5 Å². The molecular formula is C20H18FNO5. The molecule has 140 valence electrons. The van der Waals surface area contributed by atoms with Crippen molar-refractivity contribution in [1.29, 1.82) is 0 Å². The summed E-state index contributed by atoms with van der Waals surface area (Å²) in [5.74, 6) is -1.47. The van der Waals surface area contributed by atoms with Crippen LogP contribution in [0, 0.1) is 12.7 Å². The van der Waals surface area contributed by atoms with Gasteiger partial charge >= 0.3 is 5.97 Å². The van der Waals surface area contributed by atoms with Gasteiger partial charge in [-0.25, -0.2) is 4.39 Å². The summed E-state index contributed by atoms with van der Waals surface area (Å²) >= 11 is 0. The Balaban J connectivity index is 2.24. The molecule has 0 aliphatic rings. The highest BCUT2D eigenvalue weighted by molar-refractivity contribution is 6.05. The van der Waals surface area contributed by atoms with Crippen LogP contribution in [0.25, 0.3) is 10.9 Å². The summed E-state index contributed by atoms with van der Waals surface area (Å²) in [5, 5.41) is 9.71. The number of methoxy groups -OCH3 is 2. The molecule has 7 heteroatoms. The van der Waals surface area contributed by atoms with Gasteiger partial charge in [0.15, 0.2) is 11.6 Å². The molecular weight excluding hydrogens is 353 g/mol. The van der Waals surface area contributed by atoms with Crippen LogP contribution < -0.4 is 9.47 Å². The van der Waals surface area contributed by atoms with Crippen molar-refractivity contribution < 1.29 is 28.6 Å². The maximum atomic E-state index is 14.3. The van der Waals surface area contributed by atoms with Crippen LogP contribution in [0.4, 0.5) is 4.39 Å². The standard InChI is InChI=1S/C20H18FNO5/c1-11-14(9-19(23)24)15-8-18(27-3)16(21)10-17(15)22(11)20(25)12-4-6-13(26-2)7-5-12/h4-8,10H,9H2,1-3H3,(H,23,24). The van der Waals surface area contributed by atoms with Crippen molar-refractivity contribution in [3.8, 4) is 11.5 Å². The van der Waals surface area contributed by atoms with Gasteiger partial charge in [-0.2, -0.15) is 0 Å². The molecule has 0 unspecified atom stereocenters. The van der Waals surface area contributed by atoms with E-state index in [1.807, 2.05) is 0 Å². The van der Waals surface area contributed by atoms with Crippen LogP contribution in [0.2, 0.25) is 0 Å². The molecule has 2 aromatic carbocycles. The van der Waals surface area contributed by atoms with Gasteiger partial charge in [-0.05, 0) is 42.8 Å². The molecule has 0 amide bonds. The summed E-state index contributed by atoms with van der Waals surface area (Å²) in [5.41, 5.74) is 1.55. The Bertz CT molecular complexity index is 1040. The summed E-state index contributed by atoms with van der Waals surface area (Å²) in [4.78, 5) is 24.4. The topological polar surface area (TPSA) is 77.8 Å². The zero-order valence-corrected chi connectivity index (χ0v) is 15.1. The number of carbonyl (C=O) groups excluding carboxylic acids is 1. The molecule has 0 bridgehead atoms. The third-order valence-electron chi connectivity index (χ3n) is 4.48. The first-order chi connectivity index (χ1) is 12.9. The monoisotopic (exact) mass is 371 g/mol. The number of aromatic nitrogens is 1. The van der Waals surface area contributed by atoms with E-state index in [1.165, 1.54) is 30.9 Å². The van der Waals surface area contributed by atoms with E-state index in [9.17, 15) is 19.1 Å². The second-order valence-corrected chi connectivity index (χ2v) is 6.01. The van der Waals surface area contributed by atoms with Crippen molar-refractivity contribution in [2.75, 3.05) is 14.2 Å². The van der Waals surface area contributed by atoms with E-state index in [4.69, 9.17) is 9.47 Å². The molecule has 1 heterocycles. The Labute approximate surface area is 154 Å². The molecule has 0 aliphatic heterocycles. The highest BCUT2D eigenvalue weighted by atomic mass is 19.1. The fourth-order valence-corrected chi connectivity index (χ4v) is 3.14. The number of nitrogens with zero attached hydrogens (tertiary/aromatic N) is 1. The van der Waals surface area contributed by atoms with Gasteiger partial charge in [-0.15, -0.1) is 0 Å².